The maximum Gasteiger partial charge on any atom is 0.329 e. The molecule has 0 saturated carbocycles. The van der Waals surface area contributed by atoms with E-state index in [0.29, 0.717) is 13.2 Å². The molecule has 0 aromatic rings. The summed E-state index contributed by atoms with van der Waals surface area (Å²) in [6.07, 6.45) is 8.10. The second-order valence-corrected chi connectivity index (χ2v) is 6.68. The fourth-order valence-electron chi connectivity index (χ4n) is 1.53. The van der Waals surface area contributed by atoms with Crippen LogP contribution in [0.25, 0.3) is 0 Å². The fourth-order valence-corrected chi connectivity index (χ4v) is 2.57. The molecule has 0 aliphatic carbocycles. The van der Waals surface area contributed by atoms with Gasteiger partial charge in [-0.25, -0.2) is 0 Å². The Kier molecular flexibility index (Phi) is 14.8. The van der Waals surface area contributed by atoms with Crippen molar-refractivity contribution < 1.29 is 13.9 Å². The molecular formula is C13H28BrO3P. The van der Waals surface area contributed by atoms with Gasteiger partial charge in [0.25, 0.3) is 0 Å². The Labute approximate surface area is 122 Å². The van der Waals surface area contributed by atoms with Crippen LogP contribution in [0.4, 0.5) is 0 Å². The van der Waals surface area contributed by atoms with Crippen LogP contribution in [-0.2, 0) is 9.05 Å². The summed E-state index contributed by atoms with van der Waals surface area (Å²) in [5.74, 6) is 0.805. The van der Waals surface area contributed by atoms with Gasteiger partial charge in [-0.15, -0.1) is 0 Å². The molecule has 0 fully saturated rings. The second kappa shape index (κ2) is 14.2. The molecular weight excluding hydrogens is 315 g/mol. The largest absolute Gasteiger partial charge is 0.329 e. The smallest absolute Gasteiger partial charge is 0.328 e. The highest BCUT2D eigenvalue weighted by atomic mass is 79.9. The van der Waals surface area contributed by atoms with Gasteiger partial charge in [0.05, 0.1) is 13.2 Å². The summed E-state index contributed by atoms with van der Waals surface area (Å²) < 4.78 is 10.4. The van der Waals surface area contributed by atoms with Gasteiger partial charge in [-0.3, -0.25) is 0 Å². The van der Waals surface area contributed by atoms with Crippen LogP contribution >= 0.6 is 24.5 Å². The van der Waals surface area contributed by atoms with Gasteiger partial charge in [0, 0.05) is 5.33 Å². The molecule has 0 aliphatic rings. The Morgan fingerprint density at radius 2 is 1.50 bits per heavy atom. The lowest BCUT2D eigenvalue weighted by Gasteiger charge is -2.10. The van der Waals surface area contributed by atoms with Crippen molar-refractivity contribution in [1.29, 1.82) is 0 Å². The van der Waals surface area contributed by atoms with Crippen molar-refractivity contribution in [2.24, 2.45) is 5.92 Å². The summed E-state index contributed by atoms with van der Waals surface area (Å²) in [4.78, 5) is 9.43. The summed E-state index contributed by atoms with van der Waals surface area (Å²) in [7, 11) is -1.65. The van der Waals surface area contributed by atoms with E-state index in [-0.39, 0.29) is 0 Å². The third kappa shape index (κ3) is 14.8. The predicted molar refractivity (Wildman–Crippen MR) is 82.0 cm³/mol. The van der Waals surface area contributed by atoms with E-state index in [1.807, 2.05) is 0 Å². The molecule has 0 rings (SSSR count). The lowest BCUT2D eigenvalue weighted by molar-refractivity contribution is 0.195. The van der Waals surface area contributed by atoms with Gasteiger partial charge in [-0.2, -0.15) is 0 Å². The quantitative estimate of drug-likeness (QED) is 0.290. The van der Waals surface area contributed by atoms with E-state index in [1.54, 1.807) is 0 Å². The highest BCUT2D eigenvalue weighted by molar-refractivity contribution is 9.09. The zero-order valence-corrected chi connectivity index (χ0v) is 14.2. The highest BCUT2D eigenvalue weighted by Gasteiger charge is 2.05. The number of alkyl halides is 1. The van der Waals surface area contributed by atoms with E-state index in [9.17, 15) is 4.89 Å². The molecule has 0 aliphatic heterocycles. The van der Waals surface area contributed by atoms with Crippen molar-refractivity contribution >= 4 is 24.5 Å². The summed E-state index contributed by atoms with van der Waals surface area (Å²) in [6, 6.07) is 0. The van der Waals surface area contributed by atoms with Crippen molar-refractivity contribution in [3.63, 3.8) is 0 Å². The first-order chi connectivity index (χ1) is 8.66. The number of unbranched alkanes of at least 4 members (excludes halogenated alkanes) is 4. The minimum Gasteiger partial charge on any atom is -0.328 e. The van der Waals surface area contributed by atoms with Gasteiger partial charge >= 0.3 is 8.60 Å². The lowest BCUT2D eigenvalue weighted by Crippen LogP contribution is -1.95. The lowest BCUT2D eigenvalue weighted by atomic mass is 10.0. The van der Waals surface area contributed by atoms with E-state index in [0.717, 1.165) is 30.5 Å². The standard InChI is InChI=1S/C13H28BrO3P/c1-13(2)9-5-3-4-7-11-16-18(15)17-12-8-6-10-14/h13,15H,3-12H2,1-2H3. The average molecular weight is 343 g/mol. The van der Waals surface area contributed by atoms with Crippen LogP contribution in [0.3, 0.4) is 0 Å². The summed E-state index contributed by atoms with van der Waals surface area (Å²) >= 11 is 3.35. The SMILES string of the molecule is CC(C)CCCCCCOP(O)OCCCCBr. The minimum atomic E-state index is -1.65. The van der Waals surface area contributed by atoms with Crippen molar-refractivity contribution in [2.75, 3.05) is 18.5 Å². The summed E-state index contributed by atoms with van der Waals surface area (Å²) in [6.45, 7) is 5.72. The Morgan fingerprint density at radius 1 is 0.944 bits per heavy atom. The van der Waals surface area contributed by atoms with Gasteiger partial charge in [-0.1, -0.05) is 55.5 Å². The van der Waals surface area contributed by atoms with Crippen LogP contribution in [-0.4, -0.2) is 23.4 Å². The predicted octanol–water partition coefficient (Wildman–Crippen LogP) is 5.02. The van der Waals surface area contributed by atoms with Gasteiger partial charge in [0.2, 0.25) is 0 Å². The van der Waals surface area contributed by atoms with Crippen molar-refractivity contribution in [1.82, 2.24) is 0 Å². The van der Waals surface area contributed by atoms with Crippen molar-refractivity contribution in [2.45, 2.75) is 58.8 Å². The highest BCUT2D eigenvalue weighted by Crippen LogP contribution is 2.33. The number of hydrogen-bond acceptors (Lipinski definition) is 3. The van der Waals surface area contributed by atoms with E-state index < -0.39 is 8.60 Å². The van der Waals surface area contributed by atoms with Gasteiger partial charge in [-0.05, 0) is 25.2 Å². The normalized spacial score (nSPS) is 13.2. The van der Waals surface area contributed by atoms with Crippen LogP contribution in [0.2, 0.25) is 0 Å². The fraction of sp³-hybridized carbons (Fsp3) is 1.00. The number of halogens is 1. The van der Waals surface area contributed by atoms with Crippen molar-refractivity contribution in [3.05, 3.63) is 0 Å². The van der Waals surface area contributed by atoms with E-state index >= 15 is 0 Å². The molecule has 1 unspecified atom stereocenters. The summed E-state index contributed by atoms with van der Waals surface area (Å²) in [5.41, 5.74) is 0. The molecule has 0 amide bonds. The van der Waals surface area contributed by atoms with E-state index in [1.165, 1.54) is 25.7 Å². The van der Waals surface area contributed by atoms with Crippen LogP contribution in [0.5, 0.6) is 0 Å². The van der Waals surface area contributed by atoms with Crippen LogP contribution in [0.1, 0.15) is 58.8 Å². The molecule has 110 valence electrons. The van der Waals surface area contributed by atoms with Crippen LogP contribution < -0.4 is 0 Å². The zero-order chi connectivity index (χ0) is 13.6. The van der Waals surface area contributed by atoms with Crippen LogP contribution in [0, 0.1) is 5.92 Å². The molecule has 18 heavy (non-hydrogen) atoms. The van der Waals surface area contributed by atoms with E-state index in [2.05, 4.69) is 29.8 Å². The maximum absolute atomic E-state index is 9.43. The minimum absolute atomic E-state index is 0.586. The first-order valence-electron chi connectivity index (χ1n) is 6.97. The van der Waals surface area contributed by atoms with E-state index in [4.69, 9.17) is 9.05 Å². The molecule has 0 aromatic heterocycles. The summed E-state index contributed by atoms with van der Waals surface area (Å²) in [5, 5.41) is 0.983. The first kappa shape index (κ1) is 18.8. The third-order valence-corrected chi connectivity index (χ3v) is 3.97. The maximum atomic E-state index is 9.43. The van der Waals surface area contributed by atoms with Gasteiger partial charge in [0.15, 0.2) is 0 Å². The van der Waals surface area contributed by atoms with Gasteiger partial charge in [0.1, 0.15) is 0 Å². The monoisotopic (exact) mass is 342 g/mol. The first-order valence-corrected chi connectivity index (χ1v) is 9.22. The molecule has 0 saturated heterocycles. The Hall–Kier alpha value is 0.790. The zero-order valence-electron chi connectivity index (χ0n) is 11.7. The topological polar surface area (TPSA) is 38.7 Å². The Balaban J connectivity index is 3.12. The molecule has 0 spiro atoms. The van der Waals surface area contributed by atoms with Crippen LogP contribution in [0.15, 0.2) is 0 Å². The van der Waals surface area contributed by atoms with Gasteiger partial charge < -0.3 is 13.9 Å². The Bertz CT molecular complexity index is 170. The Morgan fingerprint density at radius 3 is 2.06 bits per heavy atom. The molecule has 0 heterocycles. The third-order valence-electron chi connectivity index (χ3n) is 2.61. The average Bonchev–Trinajstić information content (AvgIpc) is 2.33. The molecule has 3 nitrogen and oxygen atoms in total. The molecule has 1 atom stereocenters. The molecule has 0 radical (unpaired) electrons. The number of hydrogen-bond donors (Lipinski definition) is 1. The molecule has 5 heteroatoms. The molecule has 0 bridgehead atoms. The second-order valence-electron chi connectivity index (χ2n) is 4.90. The molecule has 1 N–H and O–H groups in total. The van der Waals surface area contributed by atoms with Crippen molar-refractivity contribution in [3.8, 4) is 0 Å². The molecule has 0 aromatic carbocycles. The number of rotatable bonds is 13.